The number of nitrogens with one attached hydrogen (secondary N) is 1. The van der Waals surface area contributed by atoms with E-state index in [0.717, 1.165) is 19.5 Å². The third kappa shape index (κ3) is 5.54. The molecule has 1 amide bonds. The second-order valence-corrected chi connectivity index (χ2v) is 7.85. The number of nitrogens with zero attached hydrogens (tertiary/aromatic N) is 1. The predicted molar refractivity (Wildman–Crippen MR) is 96.6 cm³/mol. The molecule has 1 N–H and O–H groups in total. The van der Waals surface area contributed by atoms with Crippen LogP contribution in [0.25, 0.3) is 0 Å². The maximum absolute atomic E-state index is 11.8. The van der Waals surface area contributed by atoms with Gasteiger partial charge in [0.2, 0.25) is 5.91 Å². The number of carbonyl (C=O) groups excluding carboxylic acids is 1. The zero-order chi connectivity index (χ0) is 16.1. The van der Waals surface area contributed by atoms with Gasteiger partial charge < -0.3 is 5.32 Å². The van der Waals surface area contributed by atoms with Gasteiger partial charge in [-0.3, -0.25) is 9.69 Å². The summed E-state index contributed by atoms with van der Waals surface area (Å²) in [7, 11) is 0. The van der Waals surface area contributed by atoms with Gasteiger partial charge in [-0.05, 0) is 68.5 Å². The maximum atomic E-state index is 11.8. The van der Waals surface area contributed by atoms with Gasteiger partial charge in [0, 0.05) is 30.4 Å². The molecule has 2 aliphatic rings. The maximum Gasteiger partial charge on any atom is 0.220 e. The van der Waals surface area contributed by atoms with Gasteiger partial charge in [-0.25, -0.2) is 0 Å². The quantitative estimate of drug-likeness (QED) is 0.773. The second-order valence-electron chi connectivity index (χ2n) is 6.97. The van der Waals surface area contributed by atoms with E-state index in [-0.39, 0.29) is 5.91 Å². The van der Waals surface area contributed by atoms with E-state index in [2.05, 4.69) is 40.7 Å². The van der Waals surface area contributed by atoms with Crippen molar-refractivity contribution in [1.82, 2.24) is 10.2 Å². The van der Waals surface area contributed by atoms with Gasteiger partial charge in [0.05, 0.1) is 0 Å². The number of benzene rings is 1. The number of rotatable bonds is 7. The van der Waals surface area contributed by atoms with Crippen molar-refractivity contribution < 1.29 is 4.79 Å². The number of hydrogen-bond donors (Lipinski definition) is 1. The van der Waals surface area contributed by atoms with Gasteiger partial charge in [-0.15, -0.1) is 11.8 Å². The highest BCUT2D eigenvalue weighted by molar-refractivity contribution is 7.98. The minimum absolute atomic E-state index is 0.261. The first-order valence-corrected chi connectivity index (χ1v) is 10.1. The summed E-state index contributed by atoms with van der Waals surface area (Å²) < 4.78 is 0. The molecular weight excluding hydrogens is 304 g/mol. The number of thioether (sulfide) groups is 1. The van der Waals surface area contributed by atoms with E-state index in [1.54, 1.807) is 11.8 Å². The summed E-state index contributed by atoms with van der Waals surface area (Å²) in [4.78, 5) is 15.7. The van der Waals surface area contributed by atoms with Gasteiger partial charge in [0.1, 0.15) is 0 Å². The normalized spacial score (nSPS) is 22.0. The van der Waals surface area contributed by atoms with Crippen molar-refractivity contribution in [2.45, 2.75) is 56.0 Å². The Bertz CT molecular complexity index is 513. The monoisotopic (exact) mass is 332 g/mol. The van der Waals surface area contributed by atoms with Crippen LogP contribution in [0, 0.1) is 5.92 Å². The van der Waals surface area contributed by atoms with Crippen molar-refractivity contribution in [2.24, 2.45) is 5.92 Å². The molecule has 1 unspecified atom stereocenters. The van der Waals surface area contributed by atoms with Gasteiger partial charge >= 0.3 is 0 Å². The highest BCUT2D eigenvalue weighted by atomic mass is 32.2. The average Bonchev–Trinajstić information content (AvgIpc) is 3.38. The topological polar surface area (TPSA) is 32.3 Å². The molecule has 1 aliphatic carbocycles. The first-order chi connectivity index (χ1) is 11.2. The van der Waals surface area contributed by atoms with Crippen LogP contribution in [0.2, 0.25) is 0 Å². The van der Waals surface area contributed by atoms with Gasteiger partial charge in [-0.2, -0.15) is 0 Å². The van der Waals surface area contributed by atoms with Crippen LogP contribution in [0.3, 0.4) is 0 Å². The third-order valence-electron chi connectivity index (χ3n) is 4.89. The second kappa shape index (κ2) is 8.20. The van der Waals surface area contributed by atoms with Crippen LogP contribution >= 0.6 is 11.8 Å². The molecule has 3 rings (SSSR count). The molecule has 0 spiro atoms. The van der Waals surface area contributed by atoms with E-state index in [4.69, 9.17) is 0 Å². The molecule has 0 aromatic heterocycles. The van der Waals surface area contributed by atoms with Crippen molar-refractivity contribution in [3.8, 4) is 0 Å². The SMILES string of the molecule is CSc1ccc(CN2CCCC(CCC(=O)NC3CC3)C2)cc1. The van der Waals surface area contributed by atoms with Gasteiger partial charge in [-0.1, -0.05) is 12.1 Å². The van der Waals surface area contributed by atoms with E-state index in [1.807, 2.05) is 0 Å². The molecule has 1 saturated carbocycles. The molecule has 4 heteroatoms. The Kier molecular flexibility index (Phi) is 6.01. The predicted octanol–water partition coefficient (Wildman–Crippen LogP) is 3.68. The lowest BCUT2D eigenvalue weighted by Crippen LogP contribution is -2.35. The van der Waals surface area contributed by atoms with E-state index < -0.39 is 0 Å². The van der Waals surface area contributed by atoms with Gasteiger partial charge in [0.15, 0.2) is 0 Å². The Balaban J connectivity index is 1.42. The Morgan fingerprint density at radius 1 is 1.26 bits per heavy atom. The van der Waals surface area contributed by atoms with Crippen LogP contribution in [0.1, 0.15) is 44.1 Å². The Morgan fingerprint density at radius 3 is 2.74 bits per heavy atom. The Morgan fingerprint density at radius 2 is 2.04 bits per heavy atom. The summed E-state index contributed by atoms with van der Waals surface area (Å²) in [5, 5.41) is 3.10. The van der Waals surface area contributed by atoms with Crippen molar-refractivity contribution in [2.75, 3.05) is 19.3 Å². The molecule has 1 aromatic rings. The Labute approximate surface area is 144 Å². The van der Waals surface area contributed by atoms with Gasteiger partial charge in [0.25, 0.3) is 0 Å². The average molecular weight is 333 g/mol. The van der Waals surface area contributed by atoms with Crippen molar-refractivity contribution in [3.05, 3.63) is 29.8 Å². The van der Waals surface area contributed by atoms with Crippen LogP contribution in [0.4, 0.5) is 0 Å². The van der Waals surface area contributed by atoms with E-state index in [1.165, 1.54) is 42.7 Å². The first kappa shape index (κ1) is 16.8. The lowest BCUT2D eigenvalue weighted by molar-refractivity contribution is -0.121. The molecule has 2 fully saturated rings. The zero-order valence-electron chi connectivity index (χ0n) is 14.1. The highest BCUT2D eigenvalue weighted by Gasteiger charge is 2.24. The molecule has 3 nitrogen and oxygen atoms in total. The molecule has 0 radical (unpaired) electrons. The fraction of sp³-hybridized carbons (Fsp3) is 0.632. The molecule has 1 aliphatic heterocycles. The third-order valence-corrected chi connectivity index (χ3v) is 5.63. The molecule has 1 atom stereocenters. The molecular formula is C19H28N2OS. The highest BCUT2D eigenvalue weighted by Crippen LogP contribution is 2.24. The minimum Gasteiger partial charge on any atom is -0.353 e. The molecule has 23 heavy (non-hydrogen) atoms. The molecule has 0 bridgehead atoms. The molecule has 1 heterocycles. The number of likely N-dealkylation sites (tertiary alicyclic amines) is 1. The lowest BCUT2D eigenvalue weighted by atomic mass is 9.93. The lowest BCUT2D eigenvalue weighted by Gasteiger charge is -2.32. The van der Waals surface area contributed by atoms with Crippen molar-refractivity contribution in [3.63, 3.8) is 0 Å². The van der Waals surface area contributed by atoms with Crippen LogP contribution in [0.5, 0.6) is 0 Å². The van der Waals surface area contributed by atoms with Crippen LogP contribution in [-0.4, -0.2) is 36.2 Å². The summed E-state index contributed by atoms with van der Waals surface area (Å²) in [6.45, 7) is 3.37. The fourth-order valence-corrected chi connectivity index (χ4v) is 3.79. The summed E-state index contributed by atoms with van der Waals surface area (Å²) in [6.07, 6.45) is 8.76. The van der Waals surface area contributed by atoms with Crippen LogP contribution in [-0.2, 0) is 11.3 Å². The van der Waals surface area contributed by atoms with Crippen LogP contribution in [0.15, 0.2) is 29.2 Å². The summed E-state index contributed by atoms with van der Waals surface area (Å²) in [6, 6.07) is 9.42. The summed E-state index contributed by atoms with van der Waals surface area (Å²) >= 11 is 1.79. The largest absolute Gasteiger partial charge is 0.353 e. The summed E-state index contributed by atoms with van der Waals surface area (Å²) in [5.41, 5.74) is 1.40. The number of hydrogen-bond acceptors (Lipinski definition) is 3. The molecule has 126 valence electrons. The number of carbonyl (C=O) groups is 1. The summed E-state index contributed by atoms with van der Waals surface area (Å²) in [5.74, 6) is 0.941. The molecule has 1 aromatic carbocycles. The van der Waals surface area contributed by atoms with Crippen molar-refractivity contribution in [1.29, 1.82) is 0 Å². The Hall–Kier alpha value is -1.00. The minimum atomic E-state index is 0.261. The smallest absolute Gasteiger partial charge is 0.220 e. The number of amides is 1. The molecule has 1 saturated heterocycles. The van der Waals surface area contributed by atoms with E-state index in [9.17, 15) is 4.79 Å². The fourth-order valence-electron chi connectivity index (χ4n) is 3.38. The van der Waals surface area contributed by atoms with Crippen molar-refractivity contribution >= 4 is 17.7 Å². The number of piperidine rings is 1. The van der Waals surface area contributed by atoms with Crippen LogP contribution < -0.4 is 5.32 Å². The van der Waals surface area contributed by atoms with E-state index >= 15 is 0 Å². The standard InChI is InChI=1S/C19H28N2OS/c1-23-18-9-4-16(5-10-18)14-21-12-2-3-15(13-21)6-11-19(22)20-17-7-8-17/h4-5,9-10,15,17H,2-3,6-8,11-14H2,1H3,(H,20,22). The first-order valence-electron chi connectivity index (χ1n) is 8.87. The zero-order valence-corrected chi connectivity index (χ0v) is 14.9. The van der Waals surface area contributed by atoms with E-state index in [0.29, 0.717) is 18.4 Å².